The summed E-state index contributed by atoms with van der Waals surface area (Å²) in [7, 11) is 0. The van der Waals surface area contributed by atoms with Crippen LogP contribution < -0.4 is 4.90 Å². The molecule has 0 amide bonds. The lowest BCUT2D eigenvalue weighted by molar-refractivity contribution is -0.0248. The molecule has 110 valence electrons. The van der Waals surface area contributed by atoms with Crippen LogP contribution in [0.5, 0.6) is 0 Å². The molecule has 0 aromatic carbocycles. The summed E-state index contributed by atoms with van der Waals surface area (Å²) in [5, 5.41) is 0. The van der Waals surface area contributed by atoms with Crippen LogP contribution in [0.4, 0.5) is 5.82 Å². The van der Waals surface area contributed by atoms with Crippen LogP contribution in [-0.2, 0) is 6.54 Å². The van der Waals surface area contributed by atoms with Gasteiger partial charge in [0, 0.05) is 45.1 Å². The SMILES string of the molecule is c1ccc(CN2CC3(CCN(c4ccc[nH]4)CC3)C2)nc1. The predicted molar refractivity (Wildman–Crippen MR) is 84.2 cm³/mol. The summed E-state index contributed by atoms with van der Waals surface area (Å²) in [5.41, 5.74) is 1.76. The highest BCUT2D eigenvalue weighted by Gasteiger charge is 2.44. The summed E-state index contributed by atoms with van der Waals surface area (Å²) in [6, 6.07) is 10.4. The third kappa shape index (κ3) is 2.56. The van der Waals surface area contributed by atoms with E-state index in [1.807, 2.05) is 18.5 Å². The lowest BCUT2D eigenvalue weighted by Crippen LogP contribution is -2.59. The number of nitrogens with zero attached hydrogens (tertiary/aromatic N) is 3. The Kier molecular flexibility index (Phi) is 3.19. The summed E-state index contributed by atoms with van der Waals surface area (Å²) in [6.07, 6.45) is 6.52. The smallest absolute Gasteiger partial charge is 0.105 e. The number of hydrogen-bond acceptors (Lipinski definition) is 3. The van der Waals surface area contributed by atoms with E-state index in [-0.39, 0.29) is 0 Å². The first kappa shape index (κ1) is 12.9. The van der Waals surface area contributed by atoms with Gasteiger partial charge in [0.2, 0.25) is 0 Å². The van der Waals surface area contributed by atoms with Crippen LogP contribution in [0.2, 0.25) is 0 Å². The van der Waals surface area contributed by atoms with Gasteiger partial charge in [0.25, 0.3) is 0 Å². The van der Waals surface area contributed by atoms with Crippen molar-refractivity contribution in [1.82, 2.24) is 14.9 Å². The maximum atomic E-state index is 4.43. The summed E-state index contributed by atoms with van der Waals surface area (Å²) < 4.78 is 0. The fraction of sp³-hybridized carbons (Fsp3) is 0.471. The Morgan fingerprint density at radius 2 is 1.95 bits per heavy atom. The number of anilines is 1. The number of rotatable bonds is 3. The first-order valence-corrected chi connectivity index (χ1v) is 7.84. The molecule has 1 N–H and O–H groups in total. The van der Waals surface area contributed by atoms with Crippen molar-refractivity contribution < 1.29 is 0 Å². The molecule has 4 rings (SSSR count). The maximum Gasteiger partial charge on any atom is 0.105 e. The molecule has 4 nitrogen and oxygen atoms in total. The first-order chi connectivity index (χ1) is 10.3. The van der Waals surface area contributed by atoms with Crippen LogP contribution in [0.15, 0.2) is 42.7 Å². The number of piperidine rings is 1. The second-order valence-electron chi connectivity index (χ2n) is 6.51. The molecular formula is C17H22N4. The van der Waals surface area contributed by atoms with E-state index >= 15 is 0 Å². The number of nitrogens with one attached hydrogen (secondary N) is 1. The van der Waals surface area contributed by atoms with Gasteiger partial charge < -0.3 is 9.88 Å². The molecular weight excluding hydrogens is 260 g/mol. The third-order valence-corrected chi connectivity index (χ3v) is 4.98. The van der Waals surface area contributed by atoms with Crippen molar-refractivity contribution >= 4 is 5.82 Å². The molecule has 2 aliphatic heterocycles. The fourth-order valence-electron chi connectivity index (χ4n) is 3.79. The lowest BCUT2D eigenvalue weighted by Gasteiger charge is -2.54. The minimum Gasteiger partial charge on any atom is -0.358 e. The first-order valence-electron chi connectivity index (χ1n) is 7.84. The minimum atomic E-state index is 0.567. The van der Waals surface area contributed by atoms with Gasteiger partial charge in [-0.1, -0.05) is 6.07 Å². The van der Waals surface area contributed by atoms with E-state index < -0.39 is 0 Å². The van der Waals surface area contributed by atoms with E-state index in [0.29, 0.717) is 5.41 Å². The van der Waals surface area contributed by atoms with Gasteiger partial charge in [-0.2, -0.15) is 0 Å². The number of hydrogen-bond donors (Lipinski definition) is 1. The maximum absolute atomic E-state index is 4.43. The number of pyridine rings is 1. The number of likely N-dealkylation sites (tertiary alicyclic amines) is 1. The third-order valence-electron chi connectivity index (χ3n) is 4.98. The van der Waals surface area contributed by atoms with Crippen molar-refractivity contribution in [3.63, 3.8) is 0 Å². The van der Waals surface area contributed by atoms with Gasteiger partial charge in [0.1, 0.15) is 5.82 Å². The van der Waals surface area contributed by atoms with Gasteiger partial charge in [-0.05, 0) is 42.5 Å². The highest BCUT2D eigenvalue weighted by atomic mass is 15.2. The largest absolute Gasteiger partial charge is 0.358 e. The monoisotopic (exact) mass is 282 g/mol. The highest BCUT2D eigenvalue weighted by molar-refractivity contribution is 5.39. The van der Waals surface area contributed by atoms with E-state index in [9.17, 15) is 0 Å². The summed E-state index contributed by atoms with van der Waals surface area (Å²) >= 11 is 0. The van der Waals surface area contributed by atoms with Gasteiger partial charge in [0.15, 0.2) is 0 Å². The Balaban J connectivity index is 1.30. The molecule has 0 unspecified atom stereocenters. The van der Waals surface area contributed by atoms with Gasteiger partial charge in [-0.25, -0.2) is 0 Å². The molecule has 4 heterocycles. The molecule has 2 saturated heterocycles. The zero-order valence-corrected chi connectivity index (χ0v) is 12.3. The van der Waals surface area contributed by atoms with E-state index in [0.717, 1.165) is 6.54 Å². The molecule has 2 fully saturated rings. The fourth-order valence-corrected chi connectivity index (χ4v) is 3.79. The van der Waals surface area contributed by atoms with Crippen LogP contribution in [-0.4, -0.2) is 41.0 Å². The normalized spacial score (nSPS) is 21.4. The quantitative estimate of drug-likeness (QED) is 0.939. The number of H-pyrrole nitrogens is 1. The van der Waals surface area contributed by atoms with Crippen LogP contribution in [0.25, 0.3) is 0 Å². The van der Waals surface area contributed by atoms with E-state index in [2.05, 4.69) is 44.0 Å². The average Bonchev–Trinajstić information content (AvgIpc) is 3.02. The second kappa shape index (κ2) is 5.19. The molecule has 0 saturated carbocycles. The van der Waals surface area contributed by atoms with E-state index in [1.54, 1.807) is 0 Å². The average molecular weight is 282 g/mol. The van der Waals surface area contributed by atoms with Gasteiger partial charge in [-0.15, -0.1) is 0 Å². The van der Waals surface area contributed by atoms with Crippen molar-refractivity contribution in [3.05, 3.63) is 48.4 Å². The van der Waals surface area contributed by atoms with Crippen LogP contribution in [0.3, 0.4) is 0 Å². The summed E-state index contributed by atoms with van der Waals surface area (Å²) in [6.45, 7) is 5.84. The summed E-state index contributed by atoms with van der Waals surface area (Å²) in [5.74, 6) is 1.27. The van der Waals surface area contributed by atoms with Crippen molar-refractivity contribution in [2.45, 2.75) is 19.4 Å². The van der Waals surface area contributed by atoms with Crippen molar-refractivity contribution in [2.24, 2.45) is 5.41 Å². The van der Waals surface area contributed by atoms with Crippen LogP contribution in [0, 0.1) is 5.41 Å². The molecule has 0 radical (unpaired) electrons. The molecule has 0 aliphatic carbocycles. The summed E-state index contributed by atoms with van der Waals surface area (Å²) in [4.78, 5) is 12.8. The van der Waals surface area contributed by atoms with Crippen molar-refractivity contribution in [2.75, 3.05) is 31.1 Å². The molecule has 2 aliphatic rings. The Morgan fingerprint density at radius 3 is 2.62 bits per heavy atom. The number of aromatic nitrogens is 2. The second-order valence-corrected chi connectivity index (χ2v) is 6.51. The number of aromatic amines is 1. The Labute approximate surface area is 125 Å². The molecule has 2 aromatic rings. The Hall–Kier alpha value is -1.81. The van der Waals surface area contributed by atoms with Crippen LogP contribution in [0.1, 0.15) is 18.5 Å². The van der Waals surface area contributed by atoms with Gasteiger partial charge in [-0.3, -0.25) is 9.88 Å². The zero-order chi connectivity index (χ0) is 14.1. The molecule has 1 spiro atoms. The predicted octanol–water partition coefficient (Wildman–Crippen LogP) is 2.51. The van der Waals surface area contributed by atoms with Crippen molar-refractivity contribution in [1.29, 1.82) is 0 Å². The van der Waals surface area contributed by atoms with Crippen LogP contribution >= 0.6 is 0 Å². The van der Waals surface area contributed by atoms with E-state index in [1.165, 1.54) is 50.5 Å². The molecule has 0 bridgehead atoms. The van der Waals surface area contributed by atoms with Gasteiger partial charge in [0.05, 0.1) is 5.69 Å². The molecule has 4 heteroatoms. The van der Waals surface area contributed by atoms with E-state index in [4.69, 9.17) is 0 Å². The Morgan fingerprint density at radius 1 is 1.10 bits per heavy atom. The topological polar surface area (TPSA) is 35.2 Å². The zero-order valence-electron chi connectivity index (χ0n) is 12.3. The molecule has 21 heavy (non-hydrogen) atoms. The minimum absolute atomic E-state index is 0.567. The highest BCUT2D eigenvalue weighted by Crippen LogP contribution is 2.41. The molecule has 2 aromatic heterocycles. The lowest BCUT2D eigenvalue weighted by atomic mass is 9.72. The Bertz CT molecular complexity index is 562. The van der Waals surface area contributed by atoms with Gasteiger partial charge >= 0.3 is 0 Å². The standard InChI is InChI=1S/C17H22N4/c1-2-8-18-15(4-1)12-20-13-17(14-20)6-10-21(11-7-17)16-5-3-9-19-16/h1-5,8-9,19H,6-7,10-14H2. The van der Waals surface area contributed by atoms with Crippen molar-refractivity contribution in [3.8, 4) is 0 Å². The molecule has 0 atom stereocenters.